The Labute approximate surface area is 165 Å². The summed E-state index contributed by atoms with van der Waals surface area (Å²) >= 11 is 0. The van der Waals surface area contributed by atoms with Crippen molar-refractivity contribution >= 4 is 21.6 Å². The minimum atomic E-state index is -3.64. The molecule has 0 bridgehead atoms. The minimum Gasteiger partial charge on any atom is -0.378 e. The molecule has 1 aromatic carbocycles. The summed E-state index contributed by atoms with van der Waals surface area (Å²) < 4.78 is 32.2. The Morgan fingerprint density at radius 1 is 1.18 bits per heavy atom. The number of nitrogens with one attached hydrogen (secondary N) is 1. The Bertz CT molecular complexity index is 923. The molecule has 152 valence electrons. The highest BCUT2D eigenvalue weighted by Gasteiger charge is 2.34. The van der Waals surface area contributed by atoms with Gasteiger partial charge in [0.15, 0.2) is 5.76 Å². The topological polar surface area (TPSA) is 95.7 Å². The molecule has 0 aliphatic carbocycles. The van der Waals surface area contributed by atoms with Crippen LogP contribution in [0.25, 0.3) is 0 Å². The van der Waals surface area contributed by atoms with Crippen molar-refractivity contribution in [3.63, 3.8) is 0 Å². The van der Waals surface area contributed by atoms with Gasteiger partial charge in [-0.1, -0.05) is 5.16 Å². The standard InChI is InChI=1S/C19H26N4O4S/c1-13-18(14(2)27-21-13)28(25,26)23-11-9-16(10-12-23)20-19(24)15-5-7-17(8-6-15)22(3)4/h5-8,16H,9-12H2,1-4H3,(H,20,24). The van der Waals surface area contributed by atoms with Gasteiger partial charge < -0.3 is 14.7 Å². The van der Waals surface area contributed by atoms with E-state index in [0.29, 0.717) is 42.9 Å². The van der Waals surface area contributed by atoms with Gasteiger partial charge in [0, 0.05) is 44.5 Å². The first kappa shape index (κ1) is 20.3. The smallest absolute Gasteiger partial charge is 0.251 e. The fourth-order valence-corrected chi connectivity index (χ4v) is 5.15. The second-order valence-electron chi connectivity index (χ2n) is 7.25. The van der Waals surface area contributed by atoms with E-state index in [-0.39, 0.29) is 16.8 Å². The number of carbonyl (C=O) groups excluding carboxylic acids is 1. The van der Waals surface area contributed by atoms with Crippen molar-refractivity contribution in [2.45, 2.75) is 37.6 Å². The van der Waals surface area contributed by atoms with Crippen molar-refractivity contribution in [2.75, 3.05) is 32.1 Å². The first-order chi connectivity index (χ1) is 13.2. The van der Waals surface area contributed by atoms with Gasteiger partial charge in [-0.3, -0.25) is 4.79 Å². The highest BCUT2D eigenvalue weighted by atomic mass is 32.2. The third kappa shape index (κ3) is 4.05. The van der Waals surface area contributed by atoms with Crippen molar-refractivity contribution in [3.05, 3.63) is 41.3 Å². The van der Waals surface area contributed by atoms with E-state index in [9.17, 15) is 13.2 Å². The number of nitrogens with zero attached hydrogens (tertiary/aromatic N) is 3. The first-order valence-corrected chi connectivity index (χ1v) is 10.7. The predicted molar refractivity (Wildman–Crippen MR) is 106 cm³/mol. The maximum atomic E-state index is 12.9. The van der Waals surface area contributed by atoms with Gasteiger partial charge in [-0.25, -0.2) is 8.42 Å². The quantitative estimate of drug-likeness (QED) is 0.815. The van der Waals surface area contributed by atoms with Crippen LogP contribution in [0.4, 0.5) is 5.69 Å². The molecular weight excluding hydrogens is 380 g/mol. The Hall–Kier alpha value is -2.39. The lowest BCUT2D eigenvalue weighted by Gasteiger charge is -2.31. The second-order valence-corrected chi connectivity index (χ2v) is 9.12. The number of hydrogen-bond donors (Lipinski definition) is 1. The van der Waals surface area contributed by atoms with Crippen molar-refractivity contribution in [2.24, 2.45) is 0 Å². The predicted octanol–water partition coefficient (Wildman–Crippen LogP) is 1.94. The number of aryl methyl sites for hydroxylation is 2. The monoisotopic (exact) mass is 406 g/mol. The lowest BCUT2D eigenvalue weighted by Crippen LogP contribution is -2.46. The Balaban J connectivity index is 1.60. The van der Waals surface area contributed by atoms with E-state index in [1.165, 1.54) is 4.31 Å². The van der Waals surface area contributed by atoms with Crippen LogP contribution in [-0.2, 0) is 10.0 Å². The van der Waals surface area contributed by atoms with E-state index < -0.39 is 10.0 Å². The zero-order valence-corrected chi connectivity index (χ0v) is 17.4. The Kier molecular flexibility index (Phi) is 5.76. The summed E-state index contributed by atoms with van der Waals surface area (Å²) in [5.74, 6) is 0.159. The molecule has 0 atom stereocenters. The fraction of sp³-hybridized carbons (Fsp3) is 0.474. The highest BCUT2D eigenvalue weighted by molar-refractivity contribution is 7.89. The van der Waals surface area contributed by atoms with Crippen LogP contribution in [0.1, 0.15) is 34.7 Å². The molecule has 2 aromatic rings. The molecule has 28 heavy (non-hydrogen) atoms. The van der Waals surface area contributed by atoms with Crippen LogP contribution in [0.15, 0.2) is 33.7 Å². The first-order valence-electron chi connectivity index (χ1n) is 9.21. The molecule has 0 saturated carbocycles. The van der Waals surface area contributed by atoms with E-state index in [0.717, 1.165) is 5.69 Å². The SMILES string of the molecule is Cc1noc(C)c1S(=O)(=O)N1CCC(NC(=O)c2ccc(N(C)C)cc2)CC1. The average Bonchev–Trinajstić information content (AvgIpc) is 3.01. The molecule has 2 heterocycles. The lowest BCUT2D eigenvalue weighted by molar-refractivity contribution is 0.0924. The Morgan fingerprint density at radius 2 is 1.79 bits per heavy atom. The molecule has 9 heteroatoms. The van der Waals surface area contributed by atoms with E-state index in [4.69, 9.17) is 4.52 Å². The van der Waals surface area contributed by atoms with E-state index >= 15 is 0 Å². The number of benzene rings is 1. The molecule has 1 amide bonds. The summed E-state index contributed by atoms with van der Waals surface area (Å²) in [6.45, 7) is 3.91. The maximum absolute atomic E-state index is 12.9. The molecule has 1 aliphatic rings. The molecule has 0 spiro atoms. The van der Waals surface area contributed by atoms with Gasteiger partial charge >= 0.3 is 0 Å². The maximum Gasteiger partial charge on any atom is 0.251 e. The molecule has 3 rings (SSSR count). The number of sulfonamides is 1. The van der Waals surface area contributed by atoms with Gasteiger partial charge in [-0.15, -0.1) is 0 Å². The zero-order chi connectivity index (χ0) is 20.5. The van der Waals surface area contributed by atoms with Crippen LogP contribution in [0, 0.1) is 13.8 Å². The van der Waals surface area contributed by atoms with Crippen LogP contribution in [0.3, 0.4) is 0 Å². The minimum absolute atomic E-state index is 0.0582. The summed E-state index contributed by atoms with van der Waals surface area (Å²) in [5.41, 5.74) is 1.99. The molecule has 0 unspecified atom stereocenters. The van der Waals surface area contributed by atoms with E-state index in [2.05, 4.69) is 10.5 Å². The normalized spacial score (nSPS) is 16.1. The summed E-state index contributed by atoms with van der Waals surface area (Å²) in [6.07, 6.45) is 1.12. The summed E-state index contributed by atoms with van der Waals surface area (Å²) in [7, 11) is 0.251. The van der Waals surface area contributed by atoms with Gasteiger partial charge in [0.05, 0.1) is 0 Å². The molecular formula is C19H26N4O4S. The number of anilines is 1. The molecule has 1 aromatic heterocycles. The van der Waals surface area contributed by atoms with Crippen molar-refractivity contribution in [1.29, 1.82) is 0 Å². The van der Waals surface area contributed by atoms with Gasteiger partial charge in [-0.05, 0) is 51.0 Å². The summed E-state index contributed by atoms with van der Waals surface area (Å²) in [4.78, 5) is 14.6. The van der Waals surface area contributed by atoms with E-state index in [1.807, 2.05) is 31.1 Å². The van der Waals surface area contributed by atoms with Crippen LogP contribution >= 0.6 is 0 Å². The third-order valence-electron chi connectivity index (χ3n) is 5.00. The number of hydrogen-bond acceptors (Lipinski definition) is 6. The van der Waals surface area contributed by atoms with Crippen LogP contribution in [0.5, 0.6) is 0 Å². The number of carbonyl (C=O) groups is 1. The van der Waals surface area contributed by atoms with Crippen molar-refractivity contribution in [1.82, 2.24) is 14.8 Å². The lowest BCUT2D eigenvalue weighted by atomic mass is 10.1. The molecule has 1 fully saturated rings. The van der Waals surface area contributed by atoms with Crippen LogP contribution in [0.2, 0.25) is 0 Å². The van der Waals surface area contributed by atoms with Crippen molar-refractivity contribution in [3.8, 4) is 0 Å². The molecule has 1 saturated heterocycles. The number of rotatable bonds is 5. The highest BCUT2D eigenvalue weighted by Crippen LogP contribution is 2.26. The van der Waals surface area contributed by atoms with E-state index in [1.54, 1.807) is 26.0 Å². The molecule has 1 aliphatic heterocycles. The molecule has 0 radical (unpaired) electrons. The summed E-state index contributed by atoms with van der Waals surface area (Å²) in [5, 5.41) is 6.75. The molecule has 8 nitrogen and oxygen atoms in total. The molecule has 1 N–H and O–H groups in total. The Morgan fingerprint density at radius 3 is 2.29 bits per heavy atom. The fourth-order valence-electron chi connectivity index (χ4n) is 3.39. The van der Waals surface area contributed by atoms with Crippen LogP contribution in [-0.4, -0.2) is 57.0 Å². The third-order valence-corrected chi connectivity index (χ3v) is 7.14. The van der Waals surface area contributed by atoms with Gasteiger partial charge in [-0.2, -0.15) is 4.31 Å². The number of amides is 1. The van der Waals surface area contributed by atoms with Crippen LogP contribution < -0.4 is 10.2 Å². The van der Waals surface area contributed by atoms with Gasteiger partial charge in [0.2, 0.25) is 10.0 Å². The van der Waals surface area contributed by atoms with Crippen molar-refractivity contribution < 1.29 is 17.7 Å². The average molecular weight is 407 g/mol. The largest absolute Gasteiger partial charge is 0.378 e. The van der Waals surface area contributed by atoms with Gasteiger partial charge in [0.25, 0.3) is 5.91 Å². The second kappa shape index (κ2) is 7.92. The number of piperidine rings is 1. The number of aromatic nitrogens is 1. The summed E-state index contributed by atoms with van der Waals surface area (Å²) in [6, 6.07) is 7.32. The zero-order valence-electron chi connectivity index (χ0n) is 16.6. The van der Waals surface area contributed by atoms with Gasteiger partial charge in [0.1, 0.15) is 10.6 Å².